The standard InChI is InChI=1S/C23H30O7S/c1-5-27-22(23(24)28-6-2)17(3)19-9-13-20(14-10-19)29-16-15-18-7-11-21(12-8-18)30-31(4,25)26/h7-14,17,22H,5-6,15-16H2,1-4H3. The van der Waals surface area contributed by atoms with Gasteiger partial charge >= 0.3 is 16.1 Å². The second kappa shape index (κ2) is 11.7. The van der Waals surface area contributed by atoms with Gasteiger partial charge in [-0.15, -0.1) is 0 Å². The molecule has 2 aromatic rings. The average molecular weight is 451 g/mol. The van der Waals surface area contributed by atoms with Crippen molar-refractivity contribution in [2.24, 2.45) is 0 Å². The number of hydrogen-bond acceptors (Lipinski definition) is 7. The number of esters is 1. The van der Waals surface area contributed by atoms with E-state index in [1.807, 2.05) is 38.1 Å². The summed E-state index contributed by atoms with van der Waals surface area (Å²) in [7, 11) is -3.53. The zero-order valence-corrected chi connectivity index (χ0v) is 19.2. The number of rotatable bonds is 12. The fraction of sp³-hybridized carbons (Fsp3) is 0.435. The SMILES string of the molecule is CCOC(=O)C(OCC)C(C)c1ccc(OCCc2ccc(OS(C)(=O)=O)cc2)cc1. The fourth-order valence-electron chi connectivity index (χ4n) is 3.04. The lowest BCUT2D eigenvalue weighted by atomic mass is 9.95. The van der Waals surface area contributed by atoms with Crippen molar-refractivity contribution in [1.82, 2.24) is 0 Å². The molecule has 8 heteroatoms. The Morgan fingerprint density at radius 3 is 2.10 bits per heavy atom. The van der Waals surface area contributed by atoms with Crippen molar-refractivity contribution in [2.75, 3.05) is 26.1 Å². The van der Waals surface area contributed by atoms with Gasteiger partial charge in [-0.25, -0.2) is 4.79 Å². The van der Waals surface area contributed by atoms with Crippen molar-refractivity contribution in [3.8, 4) is 11.5 Å². The van der Waals surface area contributed by atoms with Crippen LogP contribution in [-0.2, 0) is 30.8 Å². The second-order valence-electron chi connectivity index (χ2n) is 7.02. The van der Waals surface area contributed by atoms with Crippen molar-refractivity contribution < 1.29 is 31.6 Å². The number of carbonyl (C=O) groups is 1. The molecule has 7 nitrogen and oxygen atoms in total. The van der Waals surface area contributed by atoms with Crippen molar-refractivity contribution in [1.29, 1.82) is 0 Å². The predicted octanol–water partition coefficient (Wildman–Crippen LogP) is 3.72. The molecule has 0 radical (unpaired) electrons. The molecule has 0 aromatic heterocycles. The molecule has 0 aliphatic rings. The molecule has 0 spiro atoms. The summed E-state index contributed by atoms with van der Waals surface area (Å²) in [6, 6.07) is 14.4. The molecule has 0 heterocycles. The van der Waals surface area contributed by atoms with Gasteiger partial charge < -0.3 is 18.4 Å². The van der Waals surface area contributed by atoms with Gasteiger partial charge in [0.05, 0.1) is 19.5 Å². The highest BCUT2D eigenvalue weighted by molar-refractivity contribution is 7.86. The van der Waals surface area contributed by atoms with Crippen LogP contribution in [0.1, 0.15) is 37.8 Å². The smallest absolute Gasteiger partial charge is 0.335 e. The summed E-state index contributed by atoms with van der Waals surface area (Å²) in [4.78, 5) is 12.2. The third-order valence-electron chi connectivity index (χ3n) is 4.56. The normalized spacial score (nSPS) is 13.3. The van der Waals surface area contributed by atoms with Crippen molar-refractivity contribution in [3.05, 3.63) is 59.7 Å². The van der Waals surface area contributed by atoms with E-state index < -0.39 is 16.2 Å². The highest BCUT2D eigenvalue weighted by atomic mass is 32.2. The molecule has 31 heavy (non-hydrogen) atoms. The van der Waals surface area contributed by atoms with Gasteiger partial charge in [-0.3, -0.25) is 0 Å². The number of ether oxygens (including phenoxy) is 3. The van der Waals surface area contributed by atoms with Crippen LogP contribution >= 0.6 is 0 Å². The largest absolute Gasteiger partial charge is 0.493 e. The van der Waals surface area contributed by atoms with E-state index in [4.69, 9.17) is 18.4 Å². The van der Waals surface area contributed by atoms with Crippen molar-refractivity contribution in [2.45, 2.75) is 39.2 Å². The summed E-state index contributed by atoms with van der Waals surface area (Å²) < 4.78 is 43.6. The maximum Gasteiger partial charge on any atom is 0.335 e. The van der Waals surface area contributed by atoms with Crippen LogP contribution < -0.4 is 8.92 Å². The topological polar surface area (TPSA) is 88.1 Å². The van der Waals surface area contributed by atoms with Gasteiger partial charge in [0, 0.05) is 18.9 Å². The molecule has 0 aliphatic carbocycles. The lowest BCUT2D eigenvalue weighted by Crippen LogP contribution is -2.31. The van der Waals surface area contributed by atoms with Gasteiger partial charge in [-0.05, 0) is 49.2 Å². The zero-order valence-electron chi connectivity index (χ0n) is 18.4. The van der Waals surface area contributed by atoms with Crippen LogP contribution in [0, 0.1) is 0 Å². The Hall–Kier alpha value is -2.58. The summed E-state index contributed by atoms with van der Waals surface area (Å²) >= 11 is 0. The Balaban J connectivity index is 1.89. The molecule has 2 aromatic carbocycles. The highest BCUT2D eigenvalue weighted by Crippen LogP contribution is 2.25. The first-order valence-corrected chi connectivity index (χ1v) is 12.0. The van der Waals surface area contributed by atoms with Gasteiger partial charge in [-0.2, -0.15) is 8.42 Å². The minimum absolute atomic E-state index is 0.152. The molecule has 2 rings (SSSR count). The molecular formula is C23H30O7S. The fourth-order valence-corrected chi connectivity index (χ4v) is 3.50. The maximum absolute atomic E-state index is 12.2. The van der Waals surface area contributed by atoms with E-state index in [9.17, 15) is 13.2 Å². The van der Waals surface area contributed by atoms with Crippen LogP contribution in [0.5, 0.6) is 11.5 Å². The molecule has 0 fully saturated rings. The maximum atomic E-state index is 12.2. The molecule has 0 saturated heterocycles. The first kappa shape index (κ1) is 24.7. The van der Waals surface area contributed by atoms with Crippen LogP contribution in [0.2, 0.25) is 0 Å². The first-order chi connectivity index (χ1) is 14.7. The van der Waals surface area contributed by atoms with Gasteiger partial charge in [0.1, 0.15) is 11.5 Å². The van der Waals surface area contributed by atoms with E-state index >= 15 is 0 Å². The Bertz CT molecular complexity index is 921. The van der Waals surface area contributed by atoms with Crippen molar-refractivity contribution >= 4 is 16.1 Å². The van der Waals surface area contributed by atoms with Crippen LogP contribution in [0.3, 0.4) is 0 Å². The van der Waals surface area contributed by atoms with E-state index in [2.05, 4.69) is 0 Å². The number of carbonyl (C=O) groups excluding carboxylic acids is 1. The number of hydrogen-bond donors (Lipinski definition) is 0. The summed E-state index contributed by atoms with van der Waals surface area (Å²) in [6.07, 6.45) is 1.02. The Labute approximate surface area is 184 Å². The third-order valence-corrected chi connectivity index (χ3v) is 5.05. The molecule has 0 bridgehead atoms. The molecule has 0 saturated carbocycles. The minimum Gasteiger partial charge on any atom is -0.493 e. The second-order valence-corrected chi connectivity index (χ2v) is 8.59. The molecule has 2 unspecified atom stereocenters. The molecule has 170 valence electrons. The van der Waals surface area contributed by atoms with Gasteiger partial charge in [0.15, 0.2) is 6.10 Å². The molecule has 0 N–H and O–H groups in total. The quantitative estimate of drug-likeness (QED) is 0.360. The van der Waals surface area contributed by atoms with Gasteiger partial charge in [-0.1, -0.05) is 31.2 Å². The first-order valence-electron chi connectivity index (χ1n) is 10.2. The Morgan fingerprint density at radius 2 is 1.55 bits per heavy atom. The average Bonchev–Trinajstić information content (AvgIpc) is 2.72. The summed E-state index contributed by atoms with van der Waals surface area (Å²) in [5.74, 6) is 0.493. The predicted molar refractivity (Wildman–Crippen MR) is 118 cm³/mol. The Kier molecular flexibility index (Phi) is 9.33. The third kappa shape index (κ3) is 8.22. The zero-order chi connectivity index (χ0) is 22.9. The summed E-state index contributed by atoms with van der Waals surface area (Å²) in [5, 5.41) is 0. The van der Waals surface area contributed by atoms with Crippen molar-refractivity contribution in [3.63, 3.8) is 0 Å². The van der Waals surface area contributed by atoms with E-state index in [0.29, 0.717) is 26.2 Å². The van der Waals surface area contributed by atoms with Gasteiger partial charge in [0.2, 0.25) is 0 Å². The lowest BCUT2D eigenvalue weighted by molar-refractivity contribution is -0.157. The minimum atomic E-state index is -3.53. The summed E-state index contributed by atoms with van der Waals surface area (Å²) in [6.45, 7) is 6.76. The molecule has 2 atom stereocenters. The molecule has 0 amide bonds. The van der Waals surface area contributed by atoms with Crippen LogP contribution in [0.25, 0.3) is 0 Å². The van der Waals surface area contributed by atoms with Crippen LogP contribution in [0.4, 0.5) is 0 Å². The monoisotopic (exact) mass is 450 g/mol. The molecule has 0 aliphatic heterocycles. The van der Waals surface area contributed by atoms with Crippen LogP contribution in [-0.4, -0.2) is 46.6 Å². The number of benzene rings is 2. The van der Waals surface area contributed by atoms with Crippen LogP contribution in [0.15, 0.2) is 48.5 Å². The van der Waals surface area contributed by atoms with E-state index in [1.165, 1.54) is 0 Å². The summed E-state index contributed by atoms with van der Waals surface area (Å²) in [5.41, 5.74) is 1.96. The van der Waals surface area contributed by atoms with E-state index in [-0.39, 0.29) is 17.6 Å². The Morgan fingerprint density at radius 1 is 0.935 bits per heavy atom. The highest BCUT2D eigenvalue weighted by Gasteiger charge is 2.28. The van der Waals surface area contributed by atoms with Gasteiger partial charge in [0.25, 0.3) is 0 Å². The molecular weight excluding hydrogens is 420 g/mol. The van der Waals surface area contributed by atoms with E-state index in [1.54, 1.807) is 31.2 Å². The lowest BCUT2D eigenvalue weighted by Gasteiger charge is -2.22. The van der Waals surface area contributed by atoms with E-state index in [0.717, 1.165) is 23.1 Å².